The van der Waals surface area contributed by atoms with Gasteiger partial charge in [-0.15, -0.1) is 0 Å². The van der Waals surface area contributed by atoms with E-state index in [4.69, 9.17) is 25.5 Å². The Balaban J connectivity index is 1.67. The fraction of sp³-hybridized carbons (Fsp3) is 0.111. The van der Waals surface area contributed by atoms with E-state index in [-0.39, 0.29) is 22.8 Å². The molecule has 0 saturated carbocycles. The number of methoxy groups -OCH3 is 2. The molecule has 1 aliphatic heterocycles. The van der Waals surface area contributed by atoms with Crippen molar-refractivity contribution in [3.05, 3.63) is 94.4 Å². The third-order valence-electron chi connectivity index (χ3n) is 6.03. The quantitative estimate of drug-likeness (QED) is 0.328. The number of phenols is 1. The van der Waals surface area contributed by atoms with Crippen LogP contribution in [0.25, 0.3) is 11.0 Å². The lowest BCUT2D eigenvalue weighted by atomic mass is 9.94. The summed E-state index contributed by atoms with van der Waals surface area (Å²) in [5, 5.41) is 22.4. The van der Waals surface area contributed by atoms with Gasteiger partial charge in [0, 0.05) is 16.1 Å². The van der Waals surface area contributed by atoms with Gasteiger partial charge >= 0.3 is 0 Å². The fourth-order valence-corrected chi connectivity index (χ4v) is 4.47. The Morgan fingerprint density at radius 3 is 2.36 bits per heavy atom. The lowest BCUT2D eigenvalue weighted by Gasteiger charge is -2.27. The third-order valence-corrected chi connectivity index (χ3v) is 6.28. The highest BCUT2D eigenvalue weighted by atomic mass is 35.5. The highest BCUT2D eigenvalue weighted by molar-refractivity contribution is 6.30. The summed E-state index contributed by atoms with van der Waals surface area (Å²) < 4.78 is 16.3. The number of benzene rings is 3. The number of nitrogens with zero attached hydrogens (tertiary/aromatic N) is 1. The van der Waals surface area contributed by atoms with E-state index in [0.717, 1.165) is 0 Å². The first-order valence-corrected chi connectivity index (χ1v) is 11.2. The van der Waals surface area contributed by atoms with E-state index in [1.54, 1.807) is 48.5 Å². The van der Waals surface area contributed by atoms with Gasteiger partial charge in [-0.2, -0.15) is 0 Å². The van der Waals surface area contributed by atoms with Crippen LogP contribution in [0.5, 0.6) is 17.2 Å². The molecule has 0 fully saturated rings. The number of hydrogen-bond acceptors (Lipinski definition) is 7. The van der Waals surface area contributed by atoms with E-state index in [1.807, 2.05) is 0 Å². The van der Waals surface area contributed by atoms with Crippen molar-refractivity contribution in [2.75, 3.05) is 19.1 Å². The molecule has 4 aromatic rings. The minimum Gasteiger partial charge on any atom is -0.504 e. The van der Waals surface area contributed by atoms with Crippen molar-refractivity contribution in [2.24, 2.45) is 0 Å². The highest BCUT2D eigenvalue weighted by Gasteiger charge is 2.45. The van der Waals surface area contributed by atoms with Crippen LogP contribution >= 0.6 is 11.6 Å². The zero-order valence-electron chi connectivity index (χ0n) is 19.2. The molecule has 8 nitrogen and oxygen atoms in total. The molecule has 1 aromatic heterocycles. The number of hydrogen-bond donors (Lipinski definition) is 2. The molecule has 3 aromatic carbocycles. The van der Waals surface area contributed by atoms with Crippen LogP contribution in [0.2, 0.25) is 5.02 Å². The number of halogens is 1. The van der Waals surface area contributed by atoms with Crippen molar-refractivity contribution in [1.29, 1.82) is 0 Å². The van der Waals surface area contributed by atoms with Gasteiger partial charge in [-0.3, -0.25) is 14.5 Å². The standard InChI is InChI=1S/C27H20ClNO7/c1-34-19-11-6-14(12-18(19)30)23-22(25(32)27(33)29(23)17-9-7-16(28)8-10-17)24(31)21-13-15-4-3-5-20(35-2)26(15)36-21/h3-13,23,30,32H,1-2H3. The van der Waals surface area contributed by atoms with Crippen LogP contribution < -0.4 is 14.4 Å². The van der Waals surface area contributed by atoms with Crippen LogP contribution in [0.4, 0.5) is 5.69 Å². The SMILES string of the molecule is COc1ccc(C2C(C(=O)c3cc4cccc(OC)c4o3)=C(O)C(=O)N2c2ccc(Cl)cc2)cc1O. The van der Waals surface area contributed by atoms with Crippen molar-refractivity contribution in [1.82, 2.24) is 0 Å². The first kappa shape index (κ1) is 23.3. The smallest absolute Gasteiger partial charge is 0.294 e. The van der Waals surface area contributed by atoms with Crippen LogP contribution in [0, 0.1) is 0 Å². The van der Waals surface area contributed by atoms with Crippen molar-refractivity contribution >= 4 is 39.9 Å². The van der Waals surface area contributed by atoms with Gasteiger partial charge in [0.05, 0.1) is 25.8 Å². The lowest BCUT2D eigenvalue weighted by molar-refractivity contribution is -0.117. The Bertz CT molecular complexity index is 1540. The van der Waals surface area contributed by atoms with E-state index >= 15 is 0 Å². The predicted octanol–water partition coefficient (Wildman–Crippen LogP) is 5.59. The van der Waals surface area contributed by atoms with Gasteiger partial charge in [0.25, 0.3) is 5.91 Å². The molecule has 2 N–H and O–H groups in total. The molecule has 9 heteroatoms. The number of aromatic hydroxyl groups is 1. The number of aliphatic hydroxyl groups is 1. The summed E-state index contributed by atoms with van der Waals surface area (Å²) >= 11 is 6.03. The zero-order chi connectivity index (χ0) is 25.6. The van der Waals surface area contributed by atoms with E-state index in [2.05, 4.69) is 0 Å². The first-order chi connectivity index (χ1) is 17.3. The minimum absolute atomic E-state index is 0.0791. The number of phenolic OH excluding ortho intramolecular Hbond substituents is 1. The number of amides is 1. The van der Waals surface area contributed by atoms with Gasteiger partial charge in [0.15, 0.2) is 34.4 Å². The highest BCUT2D eigenvalue weighted by Crippen LogP contribution is 2.44. The Kier molecular flexibility index (Phi) is 5.81. The molecule has 0 bridgehead atoms. The second-order valence-corrected chi connectivity index (χ2v) is 8.50. The Morgan fingerprint density at radius 1 is 0.972 bits per heavy atom. The molecule has 1 unspecified atom stereocenters. The van der Waals surface area contributed by atoms with Gasteiger partial charge in [0.2, 0.25) is 5.78 Å². The summed E-state index contributed by atoms with van der Waals surface area (Å²) in [5.41, 5.74) is 0.932. The summed E-state index contributed by atoms with van der Waals surface area (Å²) in [6.45, 7) is 0. The predicted molar refractivity (Wildman–Crippen MR) is 133 cm³/mol. The average Bonchev–Trinajstić information content (AvgIpc) is 3.43. The van der Waals surface area contributed by atoms with E-state index < -0.39 is 23.5 Å². The molecule has 1 aliphatic rings. The Morgan fingerprint density at radius 2 is 1.69 bits per heavy atom. The third kappa shape index (κ3) is 3.72. The van der Waals surface area contributed by atoms with Crippen LogP contribution in [-0.4, -0.2) is 36.1 Å². The maximum absolute atomic E-state index is 13.8. The topological polar surface area (TPSA) is 109 Å². The minimum atomic E-state index is -1.07. The van der Waals surface area contributed by atoms with Gasteiger partial charge in [-0.1, -0.05) is 29.8 Å². The number of anilines is 1. The van der Waals surface area contributed by atoms with Crippen molar-refractivity contribution in [3.63, 3.8) is 0 Å². The molecule has 2 heterocycles. The number of furan rings is 1. The molecular weight excluding hydrogens is 486 g/mol. The number of Topliss-reactive ketones (excluding diaryl/α,β-unsaturated/α-hetero) is 1. The number of carbonyl (C=O) groups is 2. The van der Waals surface area contributed by atoms with E-state index in [1.165, 1.54) is 37.3 Å². The molecule has 1 amide bonds. The maximum atomic E-state index is 13.8. The Hall–Kier alpha value is -4.43. The number of aliphatic hydroxyl groups excluding tert-OH is 1. The van der Waals surface area contributed by atoms with E-state index in [0.29, 0.717) is 33.0 Å². The molecule has 1 atom stereocenters. The molecule has 0 saturated heterocycles. The van der Waals surface area contributed by atoms with Crippen LogP contribution in [0.1, 0.15) is 22.2 Å². The maximum Gasteiger partial charge on any atom is 0.294 e. The molecular formula is C27H20ClNO7. The van der Waals surface area contributed by atoms with E-state index in [9.17, 15) is 19.8 Å². The summed E-state index contributed by atoms with van der Waals surface area (Å²) in [7, 11) is 2.89. The average molecular weight is 506 g/mol. The van der Waals surface area contributed by atoms with Gasteiger partial charge < -0.3 is 24.1 Å². The number of carbonyl (C=O) groups excluding carboxylic acids is 2. The van der Waals surface area contributed by atoms with Gasteiger partial charge in [-0.25, -0.2) is 0 Å². The van der Waals surface area contributed by atoms with Gasteiger partial charge in [-0.05, 0) is 54.1 Å². The van der Waals surface area contributed by atoms with Crippen LogP contribution in [0.15, 0.2) is 82.5 Å². The summed E-state index contributed by atoms with van der Waals surface area (Å²) in [5.74, 6) is -1.80. The largest absolute Gasteiger partial charge is 0.504 e. The fourth-order valence-electron chi connectivity index (χ4n) is 4.34. The van der Waals surface area contributed by atoms with Gasteiger partial charge in [0.1, 0.15) is 0 Å². The molecule has 0 aliphatic carbocycles. The summed E-state index contributed by atoms with van der Waals surface area (Å²) in [4.78, 5) is 28.3. The monoisotopic (exact) mass is 505 g/mol. The number of ether oxygens (including phenoxy) is 2. The normalized spacial score (nSPS) is 15.6. The van der Waals surface area contributed by atoms with Crippen LogP contribution in [-0.2, 0) is 4.79 Å². The first-order valence-electron chi connectivity index (χ1n) is 10.8. The molecule has 182 valence electrons. The molecule has 0 radical (unpaired) electrons. The number of rotatable bonds is 6. The molecule has 36 heavy (non-hydrogen) atoms. The second kappa shape index (κ2) is 8.98. The second-order valence-electron chi connectivity index (χ2n) is 8.07. The van der Waals surface area contributed by atoms with Crippen LogP contribution in [0.3, 0.4) is 0 Å². The zero-order valence-corrected chi connectivity index (χ0v) is 19.9. The number of fused-ring (bicyclic) bond motifs is 1. The lowest BCUT2D eigenvalue weighted by Crippen LogP contribution is -2.31. The summed E-state index contributed by atoms with van der Waals surface area (Å²) in [6.07, 6.45) is 0. The van der Waals surface area contributed by atoms with Crippen molar-refractivity contribution in [2.45, 2.75) is 6.04 Å². The number of para-hydroxylation sites is 1. The molecule has 5 rings (SSSR count). The van der Waals surface area contributed by atoms with Crippen molar-refractivity contribution < 1.29 is 33.7 Å². The number of ketones is 1. The molecule has 0 spiro atoms. The Labute approximate surface area is 210 Å². The van der Waals surface area contributed by atoms with Crippen molar-refractivity contribution in [3.8, 4) is 17.2 Å². The summed E-state index contributed by atoms with van der Waals surface area (Å²) in [6, 6.07) is 16.5.